The smallest absolute Gasteiger partial charge is 0.130 e. The van der Waals surface area contributed by atoms with Crippen LogP contribution in [-0.2, 0) is 0 Å². The van der Waals surface area contributed by atoms with Gasteiger partial charge in [-0.2, -0.15) is 0 Å². The van der Waals surface area contributed by atoms with E-state index in [1.807, 2.05) is 0 Å². The molecule has 3 rings (SSSR count). The summed E-state index contributed by atoms with van der Waals surface area (Å²) < 4.78 is 26.8. The van der Waals surface area contributed by atoms with Crippen LogP contribution in [0.15, 0.2) is 18.2 Å². The number of fused-ring (bicyclic) bond motifs is 1. The lowest BCUT2D eigenvalue weighted by atomic mass is 9.78. The third kappa shape index (κ3) is 3.27. The predicted octanol–water partition coefficient (Wildman–Crippen LogP) is 3.62. The second-order valence-electron chi connectivity index (χ2n) is 6.52. The van der Waals surface area contributed by atoms with Crippen molar-refractivity contribution in [3.63, 3.8) is 0 Å². The Hall–Kier alpha value is -1.00. The van der Waals surface area contributed by atoms with Gasteiger partial charge in [0, 0.05) is 30.3 Å². The maximum atomic E-state index is 13.8. The quantitative estimate of drug-likeness (QED) is 0.922. The molecule has 116 valence electrons. The minimum Gasteiger partial charge on any atom is -0.323 e. The Morgan fingerprint density at radius 1 is 1.14 bits per heavy atom. The second kappa shape index (κ2) is 6.41. The monoisotopic (exact) mass is 294 g/mol. The summed E-state index contributed by atoms with van der Waals surface area (Å²) in [7, 11) is 0. The van der Waals surface area contributed by atoms with E-state index in [-0.39, 0.29) is 6.04 Å². The van der Waals surface area contributed by atoms with E-state index in [4.69, 9.17) is 5.73 Å². The van der Waals surface area contributed by atoms with E-state index in [1.54, 1.807) is 0 Å². The predicted molar refractivity (Wildman–Crippen MR) is 79.8 cm³/mol. The molecule has 1 heterocycles. The third-order valence-corrected chi connectivity index (χ3v) is 5.15. The lowest BCUT2D eigenvalue weighted by Gasteiger charge is -2.45. The number of piperidine rings is 1. The largest absolute Gasteiger partial charge is 0.323 e. The Labute approximate surface area is 125 Å². The van der Waals surface area contributed by atoms with Crippen molar-refractivity contribution in [1.82, 2.24) is 4.90 Å². The highest BCUT2D eigenvalue weighted by atomic mass is 19.1. The minimum absolute atomic E-state index is 0.383. The fraction of sp³-hybridized carbons (Fsp3) is 0.647. The molecule has 0 amide bonds. The molecule has 3 atom stereocenters. The fourth-order valence-electron chi connectivity index (χ4n) is 4.11. The van der Waals surface area contributed by atoms with Gasteiger partial charge in [-0.3, -0.25) is 4.90 Å². The van der Waals surface area contributed by atoms with Gasteiger partial charge >= 0.3 is 0 Å². The standard InChI is InChI=1S/C17H24F2N2/c18-13-7-8-14(15(19)10-13)16(20)11-21-9-3-5-12-4-1-2-6-17(12)21/h7-8,10,12,16-17H,1-6,9,11,20H2. The number of rotatable bonds is 3. The van der Waals surface area contributed by atoms with Crippen LogP contribution in [0.2, 0.25) is 0 Å². The summed E-state index contributed by atoms with van der Waals surface area (Å²) in [6.45, 7) is 1.72. The number of hydrogen-bond donors (Lipinski definition) is 1. The van der Waals surface area contributed by atoms with Gasteiger partial charge in [-0.05, 0) is 44.2 Å². The average molecular weight is 294 g/mol. The van der Waals surface area contributed by atoms with Crippen molar-refractivity contribution in [3.8, 4) is 0 Å². The summed E-state index contributed by atoms with van der Waals surface area (Å²) in [5.74, 6) is -0.286. The molecule has 3 unspecified atom stereocenters. The second-order valence-corrected chi connectivity index (χ2v) is 6.52. The molecule has 1 aliphatic heterocycles. The Kier molecular flexibility index (Phi) is 4.55. The zero-order chi connectivity index (χ0) is 14.8. The number of halogens is 2. The van der Waals surface area contributed by atoms with E-state index in [9.17, 15) is 8.78 Å². The summed E-state index contributed by atoms with van der Waals surface area (Å²) in [4.78, 5) is 2.45. The molecule has 1 aliphatic carbocycles. The van der Waals surface area contributed by atoms with E-state index in [0.717, 1.165) is 18.5 Å². The SMILES string of the molecule is NC(CN1CCCC2CCCCC21)c1ccc(F)cc1F. The zero-order valence-corrected chi connectivity index (χ0v) is 12.4. The van der Waals surface area contributed by atoms with E-state index in [1.165, 1.54) is 50.7 Å². The third-order valence-electron chi connectivity index (χ3n) is 5.15. The van der Waals surface area contributed by atoms with E-state index in [0.29, 0.717) is 18.2 Å². The first-order valence-electron chi connectivity index (χ1n) is 8.09. The maximum Gasteiger partial charge on any atom is 0.130 e. The highest BCUT2D eigenvalue weighted by Crippen LogP contribution is 2.36. The molecule has 1 aromatic carbocycles. The normalized spacial score (nSPS) is 28.1. The molecule has 2 N–H and O–H groups in total. The molecule has 1 aromatic rings. The first-order valence-corrected chi connectivity index (χ1v) is 8.09. The fourth-order valence-corrected chi connectivity index (χ4v) is 4.11. The molecular weight excluding hydrogens is 270 g/mol. The van der Waals surface area contributed by atoms with Crippen molar-refractivity contribution < 1.29 is 8.78 Å². The molecule has 2 fully saturated rings. The van der Waals surface area contributed by atoms with Crippen LogP contribution in [0.25, 0.3) is 0 Å². The molecule has 2 nitrogen and oxygen atoms in total. The minimum atomic E-state index is -0.547. The molecule has 1 saturated heterocycles. The number of likely N-dealkylation sites (tertiary alicyclic amines) is 1. The average Bonchev–Trinajstić information content (AvgIpc) is 2.47. The van der Waals surface area contributed by atoms with Crippen molar-refractivity contribution in [3.05, 3.63) is 35.4 Å². The van der Waals surface area contributed by atoms with Gasteiger partial charge in [0.25, 0.3) is 0 Å². The molecule has 21 heavy (non-hydrogen) atoms. The van der Waals surface area contributed by atoms with Crippen LogP contribution in [0.4, 0.5) is 8.78 Å². The van der Waals surface area contributed by atoms with Gasteiger partial charge in [0.05, 0.1) is 0 Å². The Balaban J connectivity index is 1.69. The molecule has 4 heteroatoms. The molecule has 0 radical (unpaired) electrons. The Morgan fingerprint density at radius 2 is 1.90 bits per heavy atom. The van der Waals surface area contributed by atoms with Crippen molar-refractivity contribution in [1.29, 1.82) is 0 Å². The summed E-state index contributed by atoms with van der Waals surface area (Å²) in [6, 6.07) is 3.93. The van der Waals surface area contributed by atoms with Gasteiger partial charge in [-0.15, -0.1) is 0 Å². The van der Waals surface area contributed by atoms with Gasteiger partial charge in [-0.25, -0.2) is 8.78 Å². The number of hydrogen-bond acceptors (Lipinski definition) is 2. The highest BCUT2D eigenvalue weighted by Gasteiger charge is 2.34. The van der Waals surface area contributed by atoms with Crippen LogP contribution in [0, 0.1) is 17.6 Å². The molecule has 1 saturated carbocycles. The highest BCUT2D eigenvalue weighted by molar-refractivity contribution is 5.22. The Bertz CT molecular complexity index is 490. The molecule has 0 bridgehead atoms. The van der Waals surface area contributed by atoms with Crippen LogP contribution in [0.3, 0.4) is 0 Å². The van der Waals surface area contributed by atoms with Gasteiger partial charge in [-0.1, -0.05) is 18.9 Å². The zero-order valence-electron chi connectivity index (χ0n) is 12.4. The summed E-state index contributed by atoms with van der Waals surface area (Å²) in [6.07, 6.45) is 7.72. The number of nitrogens with zero attached hydrogens (tertiary/aromatic N) is 1. The summed E-state index contributed by atoms with van der Waals surface area (Å²) in [5, 5.41) is 0. The van der Waals surface area contributed by atoms with E-state index in [2.05, 4.69) is 4.90 Å². The lowest BCUT2D eigenvalue weighted by molar-refractivity contribution is 0.0559. The van der Waals surface area contributed by atoms with E-state index >= 15 is 0 Å². The van der Waals surface area contributed by atoms with Crippen molar-refractivity contribution in [2.24, 2.45) is 11.7 Å². The number of nitrogens with two attached hydrogens (primary N) is 1. The molecular formula is C17H24F2N2. The Morgan fingerprint density at radius 3 is 2.71 bits per heavy atom. The molecule has 0 spiro atoms. The first-order chi connectivity index (χ1) is 10.1. The van der Waals surface area contributed by atoms with Gasteiger partial charge in [0.15, 0.2) is 0 Å². The number of benzene rings is 1. The van der Waals surface area contributed by atoms with Crippen molar-refractivity contribution in [2.45, 2.75) is 50.6 Å². The van der Waals surface area contributed by atoms with Crippen LogP contribution in [0.5, 0.6) is 0 Å². The first kappa shape index (κ1) is 14.9. The van der Waals surface area contributed by atoms with Gasteiger partial charge in [0.2, 0.25) is 0 Å². The van der Waals surface area contributed by atoms with Crippen molar-refractivity contribution >= 4 is 0 Å². The van der Waals surface area contributed by atoms with Crippen molar-refractivity contribution in [2.75, 3.05) is 13.1 Å². The van der Waals surface area contributed by atoms with Gasteiger partial charge in [0.1, 0.15) is 11.6 Å². The van der Waals surface area contributed by atoms with Crippen LogP contribution in [0.1, 0.15) is 50.1 Å². The van der Waals surface area contributed by atoms with Crippen LogP contribution >= 0.6 is 0 Å². The maximum absolute atomic E-state index is 13.8. The lowest BCUT2D eigenvalue weighted by Crippen LogP contribution is -2.49. The summed E-state index contributed by atoms with van der Waals surface area (Å²) in [5.41, 5.74) is 6.62. The molecule has 0 aromatic heterocycles. The topological polar surface area (TPSA) is 29.3 Å². The van der Waals surface area contributed by atoms with Crippen LogP contribution < -0.4 is 5.73 Å². The summed E-state index contributed by atoms with van der Waals surface area (Å²) >= 11 is 0. The van der Waals surface area contributed by atoms with E-state index < -0.39 is 11.6 Å². The van der Waals surface area contributed by atoms with Crippen LogP contribution in [-0.4, -0.2) is 24.0 Å². The van der Waals surface area contributed by atoms with Gasteiger partial charge < -0.3 is 5.73 Å². The molecule has 2 aliphatic rings.